The second-order valence-electron chi connectivity index (χ2n) is 5.90. The summed E-state index contributed by atoms with van der Waals surface area (Å²) in [5, 5.41) is 4.99. The molecule has 0 aliphatic carbocycles. The van der Waals surface area contributed by atoms with Crippen LogP contribution in [0.15, 0.2) is 0 Å². The quantitative estimate of drug-likeness (QED) is 0.745. The predicted molar refractivity (Wildman–Crippen MR) is 65.5 cm³/mol. The maximum atomic E-state index is 12.0. The number of hydrogen-bond donors (Lipinski definition) is 1. The van der Waals surface area contributed by atoms with Crippen molar-refractivity contribution in [2.45, 2.75) is 33.2 Å². The number of carbonyl (C=O) groups excluding carboxylic acids is 1. The van der Waals surface area contributed by atoms with Crippen molar-refractivity contribution in [1.29, 1.82) is 0 Å². The highest BCUT2D eigenvalue weighted by atomic mass is 16.7. The molecule has 1 amide bonds. The number of rotatable bonds is 1. The van der Waals surface area contributed by atoms with Crippen LogP contribution in [-0.2, 0) is 4.84 Å². The Bertz CT molecular complexity index is 282. The van der Waals surface area contributed by atoms with E-state index in [1.165, 1.54) is 0 Å². The summed E-state index contributed by atoms with van der Waals surface area (Å²) in [7, 11) is 0. The maximum absolute atomic E-state index is 12.0. The van der Waals surface area contributed by atoms with Crippen molar-refractivity contribution in [1.82, 2.24) is 15.3 Å². The zero-order chi connectivity index (χ0) is 12.5. The largest absolute Gasteiger partial charge is 0.429 e. The molecule has 0 aromatic rings. The Morgan fingerprint density at radius 1 is 1.24 bits per heavy atom. The van der Waals surface area contributed by atoms with Gasteiger partial charge in [-0.05, 0) is 11.8 Å². The second-order valence-corrected chi connectivity index (χ2v) is 5.90. The Kier molecular flexibility index (Phi) is 3.58. The van der Waals surface area contributed by atoms with Gasteiger partial charge in [0.15, 0.2) is 0 Å². The maximum Gasteiger partial charge on any atom is 0.429 e. The van der Waals surface area contributed by atoms with Gasteiger partial charge in [-0.3, -0.25) is 0 Å². The van der Waals surface area contributed by atoms with E-state index in [1.807, 2.05) is 4.90 Å². The number of hydrogen-bond acceptors (Lipinski definition) is 4. The molecule has 2 aliphatic rings. The van der Waals surface area contributed by atoms with Gasteiger partial charge in [-0.15, -0.1) is 5.06 Å². The average molecular weight is 241 g/mol. The average Bonchev–Trinajstić information content (AvgIpc) is 2.14. The molecule has 1 unspecified atom stereocenters. The minimum atomic E-state index is -0.182. The van der Waals surface area contributed by atoms with E-state index in [1.54, 1.807) is 5.06 Å². The van der Waals surface area contributed by atoms with Gasteiger partial charge in [0, 0.05) is 38.8 Å². The van der Waals surface area contributed by atoms with Crippen molar-refractivity contribution < 1.29 is 9.63 Å². The molecule has 2 rings (SSSR count). The van der Waals surface area contributed by atoms with Gasteiger partial charge in [0.2, 0.25) is 0 Å². The van der Waals surface area contributed by atoms with E-state index in [4.69, 9.17) is 4.84 Å². The smallest absolute Gasteiger partial charge is 0.351 e. The molecule has 0 aromatic heterocycles. The molecular formula is C12H23N3O2. The van der Waals surface area contributed by atoms with Crippen molar-refractivity contribution in [3.05, 3.63) is 0 Å². The molecule has 0 spiro atoms. The van der Waals surface area contributed by atoms with Gasteiger partial charge in [0.05, 0.1) is 0 Å². The van der Waals surface area contributed by atoms with E-state index >= 15 is 0 Å². The Morgan fingerprint density at radius 2 is 1.88 bits per heavy atom. The summed E-state index contributed by atoms with van der Waals surface area (Å²) < 4.78 is 0. The third-order valence-corrected chi connectivity index (χ3v) is 3.54. The first-order valence-electron chi connectivity index (χ1n) is 6.43. The van der Waals surface area contributed by atoms with Crippen LogP contribution in [0.25, 0.3) is 0 Å². The third-order valence-electron chi connectivity index (χ3n) is 3.54. The fourth-order valence-corrected chi connectivity index (χ4v) is 2.40. The Balaban J connectivity index is 1.83. The van der Waals surface area contributed by atoms with Gasteiger partial charge in [-0.1, -0.05) is 20.8 Å². The van der Waals surface area contributed by atoms with Crippen LogP contribution in [0.1, 0.15) is 27.2 Å². The number of carbonyl (C=O) groups is 1. The lowest BCUT2D eigenvalue weighted by atomic mass is 9.79. The Labute approximate surface area is 103 Å². The fraction of sp³-hybridized carbons (Fsp3) is 0.917. The molecule has 1 N–H and O–H groups in total. The van der Waals surface area contributed by atoms with Gasteiger partial charge in [0.1, 0.15) is 0 Å². The lowest BCUT2D eigenvalue weighted by molar-refractivity contribution is -0.133. The standard InChI is InChI=1S/C12H23N3O2/c1-12(2,3)10-4-7-15(10)11(16)17-14-8-5-13-6-9-14/h10,13H,4-9H2,1-3H3. The number of piperazine rings is 1. The molecule has 0 saturated carbocycles. The van der Waals surface area contributed by atoms with Crippen molar-refractivity contribution in [2.75, 3.05) is 32.7 Å². The fourth-order valence-electron chi connectivity index (χ4n) is 2.40. The van der Waals surface area contributed by atoms with Gasteiger partial charge in [-0.25, -0.2) is 4.79 Å². The first kappa shape index (κ1) is 12.6. The monoisotopic (exact) mass is 241 g/mol. The highest BCUT2D eigenvalue weighted by Crippen LogP contribution is 2.34. The molecule has 2 saturated heterocycles. The molecule has 0 aromatic carbocycles. The van der Waals surface area contributed by atoms with Crippen LogP contribution >= 0.6 is 0 Å². The zero-order valence-corrected chi connectivity index (χ0v) is 11.0. The van der Waals surface area contributed by atoms with E-state index in [2.05, 4.69) is 26.1 Å². The third kappa shape index (κ3) is 2.90. The summed E-state index contributed by atoms with van der Waals surface area (Å²) >= 11 is 0. The first-order valence-corrected chi connectivity index (χ1v) is 6.43. The van der Waals surface area contributed by atoms with E-state index in [0.717, 1.165) is 39.1 Å². The van der Waals surface area contributed by atoms with Gasteiger partial charge in [-0.2, -0.15) is 0 Å². The second kappa shape index (κ2) is 4.82. The molecule has 5 nitrogen and oxygen atoms in total. The Hall–Kier alpha value is -0.810. The van der Waals surface area contributed by atoms with E-state index in [9.17, 15) is 4.79 Å². The molecule has 98 valence electrons. The zero-order valence-electron chi connectivity index (χ0n) is 11.0. The van der Waals surface area contributed by atoms with Crippen LogP contribution < -0.4 is 5.32 Å². The summed E-state index contributed by atoms with van der Waals surface area (Å²) in [6.07, 6.45) is 0.901. The van der Waals surface area contributed by atoms with Gasteiger partial charge >= 0.3 is 6.09 Å². The number of amides is 1. The van der Waals surface area contributed by atoms with Crippen LogP contribution in [0.5, 0.6) is 0 Å². The summed E-state index contributed by atoms with van der Waals surface area (Å²) in [5.74, 6) is 0. The molecule has 5 heteroatoms. The normalized spacial score (nSPS) is 26.5. The first-order chi connectivity index (χ1) is 7.98. The van der Waals surface area contributed by atoms with Crippen molar-refractivity contribution in [3.8, 4) is 0 Å². The summed E-state index contributed by atoms with van der Waals surface area (Å²) in [5.41, 5.74) is 0.140. The van der Waals surface area contributed by atoms with Crippen LogP contribution in [-0.4, -0.2) is 54.8 Å². The molecule has 0 radical (unpaired) electrons. The van der Waals surface area contributed by atoms with E-state index in [-0.39, 0.29) is 11.5 Å². The van der Waals surface area contributed by atoms with Crippen LogP contribution in [0.4, 0.5) is 4.79 Å². The molecule has 1 atom stereocenters. The van der Waals surface area contributed by atoms with Crippen LogP contribution in [0, 0.1) is 5.41 Å². The van der Waals surface area contributed by atoms with Crippen molar-refractivity contribution >= 4 is 6.09 Å². The number of likely N-dealkylation sites (tertiary alicyclic amines) is 1. The van der Waals surface area contributed by atoms with Crippen LogP contribution in [0.2, 0.25) is 0 Å². The number of hydroxylamine groups is 2. The summed E-state index contributed by atoms with van der Waals surface area (Å²) in [6.45, 7) is 10.7. The molecular weight excluding hydrogens is 218 g/mol. The van der Waals surface area contributed by atoms with Crippen molar-refractivity contribution in [2.24, 2.45) is 5.41 Å². The molecule has 2 aliphatic heterocycles. The number of nitrogens with one attached hydrogen (secondary N) is 1. The molecule has 2 heterocycles. The molecule has 17 heavy (non-hydrogen) atoms. The van der Waals surface area contributed by atoms with E-state index < -0.39 is 0 Å². The van der Waals surface area contributed by atoms with Gasteiger partial charge in [0.25, 0.3) is 0 Å². The Morgan fingerprint density at radius 3 is 2.35 bits per heavy atom. The minimum Gasteiger partial charge on any atom is -0.351 e. The minimum absolute atomic E-state index is 0.140. The topological polar surface area (TPSA) is 44.8 Å². The summed E-state index contributed by atoms with van der Waals surface area (Å²) in [4.78, 5) is 19.2. The summed E-state index contributed by atoms with van der Waals surface area (Å²) in [6, 6.07) is 0.318. The predicted octanol–water partition coefficient (Wildman–Crippen LogP) is 1.06. The number of nitrogens with zero attached hydrogens (tertiary/aromatic N) is 2. The van der Waals surface area contributed by atoms with Crippen molar-refractivity contribution in [3.63, 3.8) is 0 Å². The molecule has 2 fully saturated rings. The highest BCUT2D eigenvalue weighted by molar-refractivity contribution is 5.69. The molecule has 0 bridgehead atoms. The lowest BCUT2D eigenvalue weighted by Crippen LogP contribution is -2.58. The lowest BCUT2D eigenvalue weighted by Gasteiger charge is -2.47. The highest BCUT2D eigenvalue weighted by Gasteiger charge is 2.41. The van der Waals surface area contributed by atoms with E-state index in [0.29, 0.717) is 6.04 Å². The van der Waals surface area contributed by atoms with Crippen LogP contribution in [0.3, 0.4) is 0 Å². The SMILES string of the molecule is CC(C)(C)C1CCN1C(=O)ON1CCNCC1. The van der Waals surface area contributed by atoms with Gasteiger partial charge < -0.3 is 15.1 Å².